The van der Waals surface area contributed by atoms with Crippen molar-refractivity contribution in [2.24, 2.45) is 5.92 Å². The molecule has 6 nitrogen and oxygen atoms in total. The molecule has 1 saturated heterocycles. The second kappa shape index (κ2) is 9.46. The molecular formula is C25H24N4O2S. The first-order valence-electron chi connectivity index (χ1n) is 10.8. The van der Waals surface area contributed by atoms with Gasteiger partial charge in [0.15, 0.2) is 0 Å². The lowest BCUT2D eigenvalue weighted by Gasteiger charge is -2.32. The van der Waals surface area contributed by atoms with Crippen molar-refractivity contribution in [3.05, 3.63) is 89.7 Å². The van der Waals surface area contributed by atoms with E-state index in [1.165, 1.54) is 11.3 Å². The number of amides is 1. The zero-order valence-electron chi connectivity index (χ0n) is 17.6. The number of hydrogen-bond acceptors (Lipinski definition) is 5. The molecule has 1 amide bonds. The first-order chi connectivity index (χ1) is 15.8. The topological polar surface area (TPSA) is 69.0 Å². The van der Waals surface area contributed by atoms with E-state index < -0.39 is 0 Å². The molecule has 3 heterocycles. The number of aromatic nitrogens is 3. The zero-order chi connectivity index (χ0) is 21.8. The fourth-order valence-corrected chi connectivity index (χ4v) is 4.82. The van der Waals surface area contributed by atoms with Gasteiger partial charge in [0.25, 0.3) is 5.91 Å². The normalized spacial score (nSPS) is 18.4. The number of thiazole rings is 1. The minimum absolute atomic E-state index is 0.0140. The Kier molecular flexibility index (Phi) is 6.09. The van der Waals surface area contributed by atoms with E-state index in [0.717, 1.165) is 41.3 Å². The van der Waals surface area contributed by atoms with E-state index in [9.17, 15) is 4.79 Å². The van der Waals surface area contributed by atoms with Gasteiger partial charge in [0.2, 0.25) is 0 Å². The van der Waals surface area contributed by atoms with Gasteiger partial charge < -0.3 is 10.1 Å². The zero-order valence-corrected chi connectivity index (χ0v) is 18.4. The number of rotatable bonds is 6. The van der Waals surface area contributed by atoms with E-state index in [1.54, 1.807) is 11.6 Å². The minimum Gasteiger partial charge on any atom is -0.373 e. The van der Waals surface area contributed by atoms with Crippen molar-refractivity contribution in [2.45, 2.75) is 18.9 Å². The van der Waals surface area contributed by atoms with Crippen LogP contribution in [0.3, 0.4) is 0 Å². The number of para-hydroxylation sites is 1. The van der Waals surface area contributed by atoms with Gasteiger partial charge in [0, 0.05) is 36.2 Å². The van der Waals surface area contributed by atoms with Crippen molar-refractivity contribution in [3.63, 3.8) is 0 Å². The molecule has 0 spiro atoms. The van der Waals surface area contributed by atoms with Gasteiger partial charge in [-0.2, -0.15) is 5.10 Å². The lowest BCUT2D eigenvalue weighted by atomic mass is 9.89. The van der Waals surface area contributed by atoms with Crippen molar-refractivity contribution in [1.29, 1.82) is 0 Å². The molecule has 162 valence electrons. The van der Waals surface area contributed by atoms with E-state index in [0.29, 0.717) is 12.2 Å². The maximum absolute atomic E-state index is 12.8. The number of benzene rings is 2. The second-order valence-electron chi connectivity index (χ2n) is 7.86. The molecule has 0 aliphatic carbocycles. The van der Waals surface area contributed by atoms with Crippen LogP contribution in [0.15, 0.2) is 78.4 Å². The summed E-state index contributed by atoms with van der Waals surface area (Å²) in [5.41, 5.74) is 3.47. The smallest absolute Gasteiger partial charge is 0.270 e. The fraction of sp³-hybridized carbons (Fsp3) is 0.240. The van der Waals surface area contributed by atoms with Crippen molar-refractivity contribution in [2.75, 3.05) is 13.2 Å². The molecule has 4 aromatic rings. The van der Waals surface area contributed by atoms with Crippen molar-refractivity contribution in [1.82, 2.24) is 20.1 Å². The molecular weight excluding hydrogens is 420 g/mol. The molecule has 7 heteroatoms. The molecule has 2 unspecified atom stereocenters. The van der Waals surface area contributed by atoms with Crippen LogP contribution in [0, 0.1) is 5.92 Å². The van der Waals surface area contributed by atoms with E-state index in [1.807, 2.05) is 59.4 Å². The SMILES string of the molecule is O=C(NCC1CCCOC1c1ccccc1)c1csc(-c2cnn(-c3ccccc3)c2)n1. The summed E-state index contributed by atoms with van der Waals surface area (Å²) in [5, 5.41) is 10.1. The van der Waals surface area contributed by atoms with Crippen LogP contribution in [0.25, 0.3) is 16.3 Å². The van der Waals surface area contributed by atoms with Gasteiger partial charge in [0.1, 0.15) is 10.7 Å². The molecule has 0 radical (unpaired) electrons. The molecule has 1 aliphatic heterocycles. The average molecular weight is 445 g/mol. The minimum atomic E-state index is -0.152. The summed E-state index contributed by atoms with van der Waals surface area (Å²) >= 11 is 1.45. The first-order valence-corrected chi connectivity index (χ1v) is 11.7. The van der Waals surface area contributed by atoms with Crippen LogP contribution in [0.2, 0.25) is 0 Å². The predicted octanol–water partition coefficient (Wildman–Crippen LogP) is 4.89. The van der Waals surface area contributed by atoms with Gasteiger partial charge in [-0.15, -0.1) is 11.3 Å². The van der Waals surface area contributed by atoms with Crippen LogP contribution in [-0.4, -0.2) is 33.8 Å². The summed E-state index contributed by atoms with van der Waals surface area (Å²) in [6.45, 7) is 1.33. The van der Waals surface area contributed by atoms with Crippen LogP contribution in [0.5, 0.6) is 0 Å². The Hall–Kier alpha value is -3.29. The molecule has 5 rings (SSSR count). The van der Waals surface area contributed by atoms with E-state index in [4.69, 9.17) is 4.74 Å². The van der Waals surface area contributed by atoms with Crippen LogP contribution in [0.1, 0.15) is 35.0 Å². The fourth-order valence-electron chi connectivity index (χ4n) is 4.04. The Balaban J connectivity index is 1.24. The molecule has 0 bridgehead atoms. The Morgan fingerprint density at radius 3 is 2.72 bits per heavy atom. The third-order valence-electron chi connectivity index (χ3n) is 5.68. The molecule has 1 fully saturated rings. The molecule has 2 aromatic heterocycles. The second-order valence-corrected chi connectivity index (χ2v) is 8.72. The summed E-state index contributed by atoms with van der Waals surface area (Å²) in [6.07, 6.45) is 5.76. The summed E-state index contributed by atoms with van der Waals surface area (Å²) in [4.78, 5) is 17.3. The van der Waals surface area contributed by atoms with E-state index >= 15 is 0 Å². The third-order valence-corrected chi connectivity index (χ3v) is 6.58. The highest BCUT2D eigenvalue weighted by Gasteiger charge is 2.28. The number of carbonyl (C=O) groups is 1. The van der Waals surface area contributed by atoms with Crippen molar-refractivity contribution in [3.8, 4) is 16.3 Å². The number of carbonyl (C=O) groups excluding carboxylic acids is 1. The van der Waals surface area contributed by atoms with Crippen molar-refractivity contribution >= 4 is 17.2 Å². The standard InChI is InChI=1S/C25H24N4O2S/c30-24(26-14-19-10-7-13-31-23(19)18-8-3-1-4-9-18)22-17-32-25(28-22)20-15-27-29(16-20)21-11-5-2-6-12-21/h1-6,8-9,11-12,15-17,19,23H,7,10,13-14H2,(H,26,30). The summed E-state index contributed by atoms with van der Waals surface area (Å²) in [7, 11) is 0. The highest BCUT2D eigenvalue weighted by molar-refractivity contribution is 7.13. The number of nitrogens with one attached hydrogen (secondary N) is 1. The van der Waals surface area contributed by atoms with Crippen LogP contribution in [0.4, 0.5) is 0 Å². The van der Waals surface area contributed by atoms with Crippen LogP contribution in [-0.2, 0) is 4.74 Å². The first kappa shape index (κ1) is 20.6. The average Bonchev–Trinajstić information content (AvgIpc) is 3.54. The van der Waals surface area contributed by atoms with E-state index in [-0.39, 0.29) is 17.9 Å². The Morgan fingerprint density at radius 1 is 1.12 bits per heavy atom. The van der Waals surface area contributed by atoms with Gasteiger partial charge in [-0.3, -0.25) is 4.79 Å². The third kappa shape index (κ3) is 4.49. The number of ether oxygens (including phenoxy) is 1. The van der Waals surface area contributed by atoms with E-state index in [2.05, 4.69) is 27.5 Å². The summed E-state index contributed by atoms with van der Waals surface area (Å²) in [6, 6.07) is 20.2. The molecule has 1 aliphatic rings. The lowest BCUT2D eigenvalue weighted by molar-refractivity contribution is -0.0272. The summed E-state index contributed by atoms with van der Waals surface area (Å²) < 4.78 is 7.85. The molecule has 2 aromatic carbocycles. The highest BCUT2D eigenvalue weighted by Crippen LogP contribution is 2.33. The number of nitrogens with zero attached hydrogens (tertiary/aromatic N) is 3. The summed E-state index contributed by atoms with van der Waals surface area (Å²) in [5.74, 6) is 0.0950. The van der Waals surface area contributed by atoms with Gasteiger partial charge in [-0.25, -0.2) is 9.67 Å². The maximum Gasteiger partial charge on any atom is 0.270 e. The van der Waals surface area contributed by atoms with Crippen LogP contribution < -0.4 is 5.32 Å². The van der Waals surface area contributed by atoms with Gasteiger partial charge in [0.05, 0.1) is 18.0 Å². The van der Waals surface area contributed by atoms with Gasteiger partial charge in [-0.1, -0.05) is 48.5 Å². The van der Waals surface area contributed by atoms with Crippen molar-refractivity contribution < 1.29 is 9.53 Å². The molecule has 32 heavy (non-hydrogen) atoms. The maximum atomic E-state index is 12.8. The van der Waals surface area contributed by atoms with Gasteiger partial charge >= 0.3 is 0 Å². The molecule has 2 atom stereocenters. The van der Waals surface area contributed by atoms with Gasteiger partial charge in [-0.05, 0) is 30.5 Å². The molecule has 1 N–H and O–H groups in total. The largest absolute Gasteiger partial charge is 0.373 e. The predicted molar refractivity (Wildman–Crippen MR) is 125 cm³/mol. The Bertz CT molecular complexity index is 1170. The lowest BCUT2D eigenvalue weighted by Crippen LogP contribution is -2.35. The van der Waals surface area contributed by atoms with Crippen LogP contribution >= 0.6 is 11.3 Å². The number of hydrogen-bond donors (Lipinski definition) is 1. The molecule has 0 saturated carbocycles. The monoisotopic (exact) mass is 444 g/mol. The highest BCUT2D eigenvalue weighted by atomic mass is 32.1. The quantitative estimate of drug-likeness (QED) is 0.460. The Labute approximate surface area is 190 Å². The Morgan fingerprint density at radius 2 is 1.91 bits per heavy atom.